The topological polar surface area (TPSA) is 17.1 Å². The Morgan fingerprint density at radius 1 is 1.33 bits per heavy atom. The molecule has 1 aromatic carbocycles. The van der Waals surface area contributed by atoms with Crippen LogP contribution >= 0.6 is 11.6 Å². The summed E-state index contributed by atoms with van der Waals surface area (Å²) < 4.78 is 13.4. The molecule has 1 aromatic rings. The molecule has 1 saturated carbocycles. The second kappa shape index (κ2) is 4.15. The van der Waals surface area contributed by atoms with Crippen molar-refractivity contribution in [3.05, 3.63) is 40.7 Å². The van der Waals surface area contributed by atoms with Gasteiger partial charge in [-0.25, -0.2) is 4.39 Å². The molecule has 0 aliphatic heterocycles. The van der Waals surface area contributed by atoms with Crippen LogP contribution in [-0.4, -0.2) is 6.29 Å². The summed E-state index contributed by atoms with van der Waals surface area (Å²) in [6.45, 7) is 0. The van der Waals surface area contributed by atoms with Crippen molar-refractivity contribution in [2.24, 2.45) is 5.92 Å². The Hall–Kier alpha value is -1.15. The van der Waals surface area contributed by atoms with E-state index >= 15 is 0 Å². The lowest BCUT2D eigenvalue weighted by Gasteiger charge is -2.05. The van der Waals surface area contributed by atoms with Crippen molar-refractivity contribution in [1.82, 2.24) is 0 Å². The van der Waals surface area contributed by atoms with Crippen LogP contribution in [-0.2, 0) is 4.79 Å². The SMILES string of the molecule is O=C/C(F)=C(/c1ccc(Cl)cc1)C1CC1. The Morgan fingerprint density at radius 2 is 1.93 bits per heavy atom. The second-order valence-corrected chi connectivity index (χ2v) is 4.10. The van der Waals surface area contributed by atoms with Gasteiger partial charge in [0.15, 0.2) is 12.1 Å². The molecule has 0 unspecified atom stereocenters. The summed E-state index contributed by atoms with van der Waals surface area (Å²) in [5, 5.41) is 0.611. The molecule has 0 bridgehead atoms. The van der Waals surface area contributed by atoms with Gasteiger partial charge in [0.1, 0.15) is 0 Å². The highest BCUT2D eigenvalue weighted by Crippen LogP contribution is 2.43. The average molecular weight is 225 g/mol. The van der Waals surface area contributed by atoms with E-state index in [1.165, 1.54) is 0 Å². The molecule has 0 atom stereocenters. The van der Waals surface area contributed by atoms with E-state index in [4.69, 9.17) is 11.6 Å². The van der Waals surface area contributed by atoms with Gasteiger partial charge in [-0.3, -0.25) is 4.79 Å². The predicted octanol–water partition coefficient (Wildman–Crippen LogP) is 3.63. The molecule has 1 aliphatic rings. The van der Waals surface area contributed by atoms with E-state index in [0.717, 1.165) is 18.4 Å². The third-order valence-electron chi connectivity index (χ3n) is 2.50. The zero-order valence-corrected chi connectivity index (χ0v) is 8.80. The number of allylic oxidation sites excluding steroid dienone is 2. The summed E-state index contributed by atoms with van der Waals surface area (Å²) in [4.78, 5) is 10.5. The lowest BCUT2D eigenvalue weighted by atomic mass is 10.0. The Bertz CT molecular complexity index is 404. The molecule has 3 heteroatoms. The monoisotopic (exact) mass is 224 g/mol. The third kappa shape index (κ3) is 2.26. The molecule has 0 amide bonds. The number of aldehydes is 1. The molecule has 2 rings (SSSR count). The van der Waals surface area contributed by atoms with Gasteiger partial charge < -0.3 is 0 Å². The fourth-order valence-electron chi connectivity index (χ4n) is 1.63. The summed E-state index contributed by atoms with van der Waals surface area (Å²) in [5.41, 5.74) is 1.29. The molecule has 0 heterocycles. The van der Waals surface area contributed by atoms with Gasteiger partial charge in [-0.2, -0.15) is 0 Å². The van der Waals surface area contributed by atoms with Gasteiger partial charge in [-0.15, -0.1) is 0 Å². The maximum Gasteiger partial charge on any atom is 0.178 e. The van der Waals surface area contributed by atoms with E-state index < -0.39 is 5.83 Å². The number of rotatable bonds is 3. The van der Waals surface area contributed by atoms with Gasteiger partial charge >= 0.3 is 0 Å². The average Bonchev–Trinajstić information content (AvgIpc) is 3.05. The smallest absolute Gasteiger partial charge is 0.178 e. The lowest BCUT2D eigenvalue weighted by Crippen LogP contribution is -1.91. The van der Waals surface area contributed by atoms with Crippen LogP contribution in [0.5, 0.6) is 0 Å². The molecule has 0 aromatic heterocycles. The van der Waals surface area contributed by atoms with E-state index in [2.05, 4.69) is 0 Å². The van der Waals surface area contributed by atoms with Gasteiger partial charge in [0.25, 0.3) is 0 Å². The molecule has 15 heavy (non-hydrogen) atoms. The van der Waals surface area contributed by atoms with Crippen LogP contribution in [0.25, 0.3) is 5.57 Å². The van der Waals surface area contributed by atoms with Crippen LogP contribution in [0.3, 0.4) is 0 Å². The Kier molecular flexibility index (Phi) is 2.87. The van der Waals surface area contributed by atoms with E-state index in [1.54, 1.807) is 24.3 Å². The number of carbonyl (C=O) groups is 1. The highest BCUT2D eigenvalue weighted by atomic mass is 35.5. The Labute approximate surface area is 92.6 Å². The zero-order valence-electron chi connectivity index (χ0n) is 8.04. The number of hydrogen-bond acceptors (Lipinski definition) is 1. The van der Waals surface area contributed by atoms with Crippen LogP contribution in [0.1, 0.15) is 18.4 Å². The molecule has 0 N–H and O–H groups in total. The summed E-state index contributed by atoms with van der Waals surface area (Å²) in [6, 6.07) is 6.91. The lowest BCUT2D eigenvalue weighted by molar-refractivity contribution is -0.106. The number of halogens is 2. The molecular formula is C12H10ClFO. The highest BCUT2D eigenvalue weighted by molar-refractivity contribution is 6.30. The molecule has 0 radical (unpaired) electrons. The van der Waals surface area contributed by atoms with Crippen molar-refractivity contribution >= 4 is 23.5 Å². The van der Waals surface area contributed by atoms with Crippen molar-refractivity contribution in [3.63, 3.8) is 0 Å². The first-order valence-electron chi connectivity index (χ1n) is 4.83. The Balaban J connectivity index is 2.41. The van der Waals surface area contributed by atoms with Gasteiger partial charge in [0, 0.05) is 10.6 Å². The van der Waals surface area contributed by atoms with E-state index in [0.29, 0.717) is 10.6 Å². The van der Waals surface area contributed by atoms with Crippen LogP contribution in [0.15, 0.2) is 30.1 Å². The number of carbonyl (C=O) groups excluding carboxylic acids is 1. The minimum atomic E-state index is -0.653. The van der Waals surface area contributed by atoms with E-state index in [1.807, 2.05) is 0 Å². The molecule has 1 fully saturated rings. The normalized spacial score (nSPS) is 17.2. The van der Waals surface area contributed by atoms with Crippen LogP contribution < -0.4 is 0 Å². The molecular weight excluding hydrogens is 215 g/mol. The highest BCUT2D eigenvalue weighted by Gasteiger charge is 2.29. The van der Waals surface area contributed by atoms with Gasteiger partial charge in [0.2, 0.25) is 0 Å². The van der Waals surface area contributed by atoms with Crippen molar-refractivity contribution in [2.75, 3.05) is 0 Å². The molecule has 0 saturated heterocycles. The minimum Gasteiger partial charge on any atom is -0.295 e. The van der Waals surface area contributed by atoms with Crippen LogP contribution in [0, 0.1) is 5.92 Å². The minimum absolute atomic E-state index is 0.205. The molecule has 0 spiro atoms. The van der Waals surface area contributed by atoms with Crippen molar-refractivity contribution in [2.45, 2.75) is 12.8 Å². The van der Waals surface area contributed by atoms with Crippen LogP contribution in [0.4, 0.5) is 4.39 Å². The first-order valence-corrected chi connectivity index (χ1v) is 5.21. The molecule has 78 valence electrons. The second-order valence-electron chi connectivity index (χ2n) is 3.66. The maximum atomic E-state index is 13.4. The number of hydrogen-bond donors (Lipinski definition) is 0. The maximum absolute atomic E-state index is 13.4. The summed E-state index contributed by atoms with van der Waals surface area (Å²) in [6.07, 6.45) is 2.20. The van der Waals surface area contributed by atoms with Crippen molar-refractivity contribution in [1.29, 1.82) is 0 Å². The quantitative estimate of drug-likeness (QED) is 0.566. The largest absolute Gasteiger partial charge is 0.295 e. The van der Waals surface area contributed by atoms with Gasteiger partial charge in [0.05, 0.1) is 0 Å². The third-order valence-corrected chi connectivity index (χ3v) is 2.75. The van der Waals surface area contributed by atoms with Crippen molar-refractivity contribution < 1.29 is 9.18 Å². The first kappa shape index (κ1) is 10.4. The number of benzene rings is 1. The molecule has 1 aliphatic carbocycles. The van der Waals surface area contributed by atoms with Crippen molar-refractivity contribution in [3.8, 4) is 0 Å². The summed E-state index contributed by atoms with van der Waals surface area (Å²) in [5.74, 6) is -0.448. The molecule has 1 nitrogen and oxygen atoms in total. The zero-order chi connectivity index (χ0) is 10.8. The predicted molar refractivity (Wildman–Crippen MR) is 58.3 cm³/mol. The van der Waals surface area contributed by atoms with Gasteiger partial charge in [-0.05, 0) is 36.5 Å². The standard InChI is InChI=1S/C12H10ClFO/c13-10-5-3-9(4-6-10)12(8-1-2-8)11(14)7-15/h3-8H,1-2H2/b12-11-. The summed E-state index contributed by atoms with van der Waals surface area (Å²) >= 11 is 5.75. The fraction of sp³-hybridized carbons (Fsp3) is 0.250. The van der Waals surface area contributed by atoms with Gasteiger partial charge in [-0.1, -0.05) is 23.7 Å². The first-order chi connectivity index (χ1) is 7.22. The van der Waals surface area contributed by atoms with E-state index in [9.17, 15) is 9.18 Å². The Morgan fingerprint density at radius 3 is 2.40 bits per heavy atom. The summed E-state index contributed by atoms with van der Waals surface area (Å²) in [7, 11) is 0. The fourth-order valence-corrected chi connectivity index (χ4v) is 1.76. The van der Waals surface area contributed by atoms with Crippen LogP contribution in [0.2, 0.25) is 5.02 Å². The van der Waals surface area contributed by atoms with E-state index in [-0.39, 0.29) is 12.2 Å².